The molecule has 5 heteroatoms. The van der Waals surface area contributed by atoms with Crippen molar-refractivity contribution in [3.05, 3.63) is 29.3 Å². The summed E-state index contributed by atoms with van der Waals surface area (Å²) in [7, 11) is 0. The van der Waals surface area contributed by atoms with Crippen molar-refractivity contribution in [2.24, 2.45) is 0 Å². The van der Waals surface area contributed by atoms with Crippen LogP contribution in [0.3, 0.4) is 0 Å². The molecule has 1 saturated carbocycles. The highest BCUT2D eigenvalue weighted by atomic mass is 19.4. The van der Waals surface area contributed by atoms with Crippen LogP contribution in [0.2, 0.25) is 0 Å². The number of alkyl halides is 3. The van der Waals surface area contributed by atoms with Crippen LogP contribution in [-0.4, -0.2) is 23.9 Å². The van der Waals surface area contributed by atoms with Gasteiger partial charge in [0.15, 0.2) is 0 Å². The van der Waals surface area contributed by atoms with Crippen LogP contribution < -0.4 is 4.90 Å². The van der Waals surface area contributed by atoms with E-state index in [1.165, 1.54) is 4.90 Å². The second-order valence-electron chi connectivity index (χ2n) is 4.76. The van der Waals surface area contributed by atoms with Crippen molar-refractivity contribution in [1.82, 2.24) is 0 Å². The molecular formula is C13H16F3NO. The second-order valence-corrected chi connectivity index (χ2v) is 4.76. The first-order valence-electron chi connectivity index (χ1n) is 5.94. The summed E-state index contributed by atoms with van der Waals surface area (Å²) in [5.41, 5.74) is 2.00. The van der Waals surface area contributed by atoms with Gasteiger partial charge in [0.05, 0.1) is 6.61 Å². The molecule has 1 N–H and O–H groups in total. The Morgan fingerprint density at radius 3 is 2.50 bits per heavy atom. The topological polar surface area (TPSA) is 23.5 Å². The van der Waals surface area contributed by atoms with Crippen LogP contribution in [0.1, 0.15) is 24.0 Å². The molecule has 0 atom stereocenters. The van der Waals surface area contributed by atoms with Gasteiger partial charge in [0.1, 0.15) is 6.54 Å². The number of halogens is 3. The number of aryl methyl sites for hydroxylation is 1. The third-order valence-corrected chi connectivity index (χ3v) is 3.05. The summed E-state index contributed by atoms with van der Waals surface area (Å²) < 4.78 is 37.8. The van der Waals surface area contributed by atoms with Gasteiger partial charge in [0.25, 0.3) is 0 Å². The van der Waals surface area contributed by atoms with Crippen molar-refractivity contribution in [3.63, 3.8) is 0 Å². The Labute approximate surface area is 104 Å². The van der Waals surface area contributed by atoms with Crippen LogP contribution in [0.5, 0.6) is 0 Å². The number of aliphatic hydroxyl groups is 1. The number of hydrogen-bond acceptors (Lipinski definition) is 2. The summed E-state index contributed by atoms with van der Waals surface area (Å²) in [4.78, 5) is 1.37. The van der Waals surface area contributed by atoms with Gasteiger partial charge in [-0.2, -0.15) is 13.2 Å². The summed E-state index contributed by atoms with van der Waals surface area (Å²) in [6.07, 6.45) is -2.65. The van der Waals surface area contributed by atoms with Gasteiger partial charge >= 0.3 is 6.18 Å². The monoisotopic (exact) mass is 259 g/mol. The van der Waals surface area contributed by atoms with Crippen molar-refractivity contribution >= 4 is 5.69 Å². The van der Waals surface area contributed by atoms with Gasteiger partial charge in [-0.15, -0.1) is 0 Å². The molecule has 0 spiro atoms. The molecule has 1 aliphatic rings. The minimum atomic E-state index is -4.22. The SMILES string of the molecule is Cc1ccc(N(CC(F)(F)F)C2CC2)c(CO)c1. The van der Waals surface area contributed by atoms with E-state index in [9.17, 15) is 18.3 Å². The zero-order chi connectivity index (χ0) is 13.3. The van der Waals surface area contributed by atoms with Gasteiger partial charge in [-0.05, 0) is 25.8 Å². The standard InChI is InChI=1S/C13H16F3NO/c1-9-2-5-12(10(6-9)7-18)17(11-3-4-11)8-13(14,15)16/h2,5-6,11,18H,3-4,7-8H2,1H3. The highest BCUT2D eigenvalue weighted by Crippen LogP contribution is 2.36. The van der Waals surface area contributed by atoms with E-state index in [1.807, 2.05) is 6.92 Å². The first kappa shape index (κ1) is 13.2. The Morgan fingerprint density at radius 1 is 1.33 bits per heavy atom. The van der Waals surface area contributed by atoms with Crippen molar-refractivity contribution in [3.8, 4) is 0 Å². The van der Waals surface area contributed by atoms with Crippen LogP contribution in [0.15, 0.2) is 18.2 Å². The molecule has 1 aliphatic carbocycles. The fourth-order valence-electron chi connectivity index (χ4n) is 2.11. The fraction of sp³-hybridized carbons (Fsp3) is 0.538. The molecule has 2 rings (SSSR count). The van der Waals surface area contributed by atoms with Gasteiger partial charge in [-0.25, -0.2) is 0 Å². The van der Waals surface area contributed by atoms with Gasteiger partial charge < -0.3 is 10.0 Å². The van der Waals surface area contributed by atoms with Crippen LogP contribution in [0.25, 0.3) is 0 Å². The highest BCUT2D eigenvalue weighted by molar-refractivity contribution is 5.56. The largest absolute Gasteiger partial charge is 0.405 e. The van der Waals surface area contributed by atoms with Crippen LogP contribution in [0, 0.1) is 6.92 Å². The van der Waals surface area contributed by atoms with Crippen molar-refractivity contribution in [2.75, 3.05) is 11.4 Å². The highest BCUT2D eigenvalue weighted by Gasteiger charge is 2.38. The van der Waals surface area contributed by atoms with Crippen LogP contribution >= 0.6 is 0 Å². The Hall–Kier alpha value is -1.23. The lowest BCUT2D eigenvalue weighted by molar-refractivity contribution is -0.120. The minimum Gasteiger partial charge on any atom is -0.392 e. The molecule has 0 aliphatic heterocycles. The molecule has 0 bridgehead atoms. The Morgan fingerprint density at radius 2 is 2.00 bits per heavy atom. The lowest BCUT2D eigenvalue weighted by Gasteiger charge is -2.28. The molecule has 0 radical (unpaired) electrons. The molecule has 1 fully saturated rings. The predicted molar refractivity (Wildman–Crippen MR) is 63.5 cm³/mol. The summed E-state index contributed by atoms with van der Waals surface area (Å²) in [6.45, 7) is 0.667. The smallest absolute Gasteiger partial charge is 0.392 e. The maximum Gasteiger partial charge on any atom is 0.405 e. The number of aliphatic hydroxyl groups excluding tert-OH is 1. The first-order valence-corrected chi connectivity index (χ1v) is 5.94. The zero-order valence-corrected chi connectivity index (χ0v) is 10.2. The Kier molecular flexibility index (Phi) is 3.52. The van der Waals surface area contributed by atoms with E-state index in [-0.39, 0.29) is 12.6 Å². The second kappa shape index (κ2) is 4.80. The maximum atomic E-state index is 12.6. The van der Waals surface area contributed by atoms with Crippen LogP contribution in [0.4, 0.5) is 18.9 Å². The molecule has 0 amide bonds. The molecule has 100 valence electrons. The molecule has 1 aromatic carbocycles. The van der Waals surface area contributed by atoms with Crippen molar-refractivity contribution < 1.29 is 18.3 Å². The van der Waals surface area contributed by atoms with Crippen molar-refractivity contribution in [1.29, 1.82) is 0 Å². The average Bonchev–Trinajstić information content (AvgIpc) is 3.08. The third kappa shape index (κ3) is 3.16. The zero-order valence-electron chi connectivity index (χ0n) is 10.2. The van der Waals surface area contributed by atoms with E-state index in [2.05, 4.69) is 0 Å². The molecule has 0 heterocycles. The average molecular weight is 259 g/mol. The van der Waals surface area contributed by atoms with Crippen LogP contribution in [-0.2, 0) is 6.61 Å². The van der Waals surface area contributed by atoms with Gasteiger partial charge in [0, 0.05) is 17.3 Å². The van der Waals surface area contributed by atoms with Gasteiger partial charge in [-0.1, -0.05) is 17.7 Å². The lowest BCUT2D eigenvalue weighted by Crippen LogP contribution is -2.36. The number of anilines is 1. The first-order chi connectivity index (χ1) is 8.40. The van der Waals surface area contributed by atoms with Crippen molar-refractivity contribution in [2.45, 2.75) is 38.6 Å². The molecule has 1 aromatic rings. The molecular weight excluding hydrogens is 243 g/mol. The summed E-state index contributed by atoms with van der Waals surface area (Å²) in [5.74, 6) is 0. The Bertz CT molecular complexity index is 427. The molecule has 0 saturated heterocycles. The van der Waals surface area contributed by atoms with E-state index < -0.39 is 12.7 Å². The number of benzene rings is 1. The van der Waals surface area contributed by atoms with E-state index in [1.54, 1.807) is 18.2 Å². The van der Waals surface area contributed by atoms with E-state index in [0.29, 0.717) is 11.3 Å². The van der Waals surface area contributed by atoms with Gasteiger partial charge in [-0.3, -0.25) is 0 Å². The normalized spacial score (nSPS) is 15.8. The van der Waals surface area contributed by atoms with Gasteiger partial charge in [0.2, 0.25) is 0 Å². The molecule has 18 heavy (non-hydrogen) atoms. The lowest BCUT2D eigenvalue weighted by atomic mass is 10.1. The third-order valence-electron chi connectivity index (χ3n) is 3.05. The quantitative estimate of drug-likeness (QED) is 0.898. The molecule has 0 unspecified atom stereocenters. The fourth-order valence-corrected chi connectivity index (χ4v) is 2.11. The van der Waals surface area contributed by atoms with E-state index in [4.69, 9.17) is 0 Å². The number of nitrogens with zero attached hydrogens (tertiary/aromatic N) is 1. The summed E-state index contributed by atoms with van der Waals surface area (Å²) in [5, 5.41) is 9.28. The summed E-state index contributed by atoms with van der Waals surface area (Å²) >= 11 is 0. The molecule has 0 aromatic heterocycles. The minimum absolute atomic E-state index is 0.0420. The van der Waals surface area contributed by atoms with E-state index in [0.717, 1.165) is 18.4 Å². The number of hydrogen-bond donors (Lipinski definition) is 1. The maximum absolute atomic E-state index is 12.6. The molecule has 2 nitrogen and oxygen atoms in total. The summed E-state index contributed by atoms with van der Waals surface area (Å²) in [6, 6.07) is 5.14. The predicted octanol–water partition coefficient (Wildman–Crippen LogP) is 3.02. The number of rotatable bonds is 4. The van der Waals surface area contributed by atoms with E-state index >= 15 is 0 Å². The Balaban J connectivity index is 2.30.